The molecule has 1 unspecified atom stereocenters. The molecule has 0 heterocycles. The summed E-state index contributed by atoms with van der Waals surface area (Å²) in [6, 6.07) is 0. The first-order valence-electron chi connectivity index (χ1n) is 19.6. The zero-order valence-corrected chi connectivity index (χ0v) is 32.7. The first-order chi connectivity index (χ1) is 24.7. The Labute approximate surface area is 309 Å². The molecule has 0 aromatic rings. The van der Waals surface area contributed by atoms with Crippen LogP contribution in [0.1, 0.15) is 155 Å². The van der Waals surface area contributed by atoms with Crippen LogP contribution in [0.4, 0.5) is 0 Å². The predicted octanol–water partition coefficient (Wildman–Crippen LogP) is 9.95. The van der Waals surface area contributed by atoms with Crippen LogP contribution in [0.5, 0.6) is 0 Å². The van der Waals surface area contributed by atoms with Crippen molar-refractivity contribution in [2.75, 3.05) is 26.4 Å². The second-order valence-electron chi connectivity index (χ2n) is 12.8. The summed E-state index contributed by atoms with van der Waals surface area (Å²) in [4.78, 5) is 46.9. The van der Waals surface area contributed by atoms with Crippen LogP contribution in [0.25, 0.3) is 0 Å². The molecular weight excluding hydrogens is 669 g/mol. The zero-order valence-electron chi connectivity index (χ0n) is 31.8. The van der Waals surface area contributed by atoms with Crippen LogP contribution in [-0.4, -0.2) is 55.1 Å². The largest absolute Gasteiger partial charge is 0.472 e. The number of nitrogens with two attached hydrogens (primary N) is 1. The van der Waals surface area contributed by atoms with E-state index in [1.165, 1.54) is 76.7 Å². The molecule has 0 radical (unpaired) electrons. The average molecular weight is 740 g/mol. The van der Waals surface area contributed by atoms with Gasteiger partial charge in [0.05, 0.1) is 13.2 Å². The Morgan fingerprint density at radius 3 is 1.86 bits per heavy atom. The van der Waals surface area contributed by atoms with Crippen molar-refractivity contribution in [3.05, 3.63) is 48.6 Å². The fraction of sp³-hybridized carbons (Fsp3) is 0.725. The molecule has 0 aliphatic rings. The summed E-state index contributed by atoms with van der Waals surface area (Å²) in [7, 11) is -4.44. The van der Waals surface area contributed by atoms with Crippen LogP contribution in [-0.2, 0) is 37.5 Å². The summed E-state index contributed by atoms with van der Waals surface area (Å²) < 4.78 is 32.4. The maximum Gasteiger partial charge on any atom is 0.472 e. The van der Waals surface area contributed by atoms with Gasteiger partial charge < -0.3 is 20.1 Å². The first-order valence-corrected chi connectivity index (χ1v) is 21.1. The molecule has 11 heteroatoms. The van der Waals surface area contributed by atoms with Crippen LogP contribution >= 0.6 is 7.82 Å². The number of phosphoric ester groups is 1. The molecule has 3 N–H and O–H groups in total. The number of esters is 2. The van der Waals surface area contributed by atoms with E-state index in [2.05, 4.69) is 38.2 Å². The summed E-state index contributed by atoms with van der Waals surface area (Å²) in [6.07, 6.45) is 35.8. The number of phosphoric acid groups is 1. The maximum atomic E-state index is 12.5. The Bertz CT molecular complexity index is 1040. The zero-order chi connectivity index (χ0) is 37.7. The highest BCUT2D eigenvalue weighted by Crippen LogP contribution is 2.43. The van der Waals surface area contributed by atoms with Crippen molar-refractivity contribution in [2.45, 2.75) is 161 Å². The normalized spacial score (nSPS) is 13.8. The molecule has 0 spiro atoms. The Kier molecular flexibility index (Phi) is 34.4. The highest BCUT2D eigenvalue weighted by molar-refractivity contribution is 7.47. The molecule has 294 valence electrons. The van der Waals surface area contributed by atoms with E-state index in [1.54, 1.807) is 6.08 Å². The molecule has 0 aliphatic carbocycles. The third-order valence-corrected chi connectivity index (χ3v) is 8.93. The van der Waals surface area contributed by atoms with Gasteiger partial charge in [-0.2, -0.15) is 0 Å². The van der Waals surface area contributed by atoms with Gasteiger partial charge in [-0.05, 0) is 44.6 Å². The lowest BCUT2D eigenvalue weighted by Gasteiger charge is -2.19. The SMILES string of the molecule is CCCCC/C=C\C/C=C\C/C=C\C=C\C(=O)CCCC(=O)O[C@H](COC(=O)CCCCCCCCCCCCCC)COP(=O)(O)OCCN. The third-order valence-electron chi connectivity index (χ3n) is 7.94. The van der Waals surface area contributed by atoms with Gasteiger partial charge in [0.15, 0.2) is 11.9 Å². The van der Waals surface area contributed by atoms with Crippen LogP contribution in [0.2, 0.25) is 0 Å². The van der Waals surface area contributed by atoms with Crippen LogP contribution in [0.3, 0.4) is 0 Å². The number of rotatable bonds is 36. The first kappa shape index (κ1) is 48.6. The highest BCUT2D eigenvalue weighted by Gasteiger charge is 2.26. The molecule has 0 saturated heterocycles. The topological polar surface area (TPSA) is 151 Å². The minimum Gasteiger partial charge on any atom is -0.462 e. The van der Waals surface area contributed by atoms with E-state index in [1.807, 2.05) is 12.2 Å². The lowest BCUT2D eigenvalue weighted by molar-refractivity contribution is -0.161. The number of hydrogen-bond donors (Lipinski definition) is 2. The van der Waals surface area contributed by atoms with E-state index in [4.69, 9.17) is 24.3 Å². The van der Waals surface area contributed by atoms with E-state index in [-0.39, 0.29) is 51.2 Å². The molecule has 51 heavy (non-hydrogen) atoms. The van der Waals surface area contributed by atoms with E-state index in [9.17, 15) is 23.8 Å². The van der Waals surface area contributed by atoms with Crippen molar-refractivity contribution >= 4 is 25.5 Å². The van der Waals surface area contributed by atoms with Gasteiger partial charge in [-0.15, -0.1) is 0 Å². The fourth-order valence-corrected chi connectivity index (χ4v) is 5.76. The monoisotopic (exact) mass is 739 g/mol. The van der Waals surface area contributed by atoms with Gasteiger partial charge in [-0.1, -0.05) is 140 Å². The van der Waals surface area contributed by atoms with E-state index < -0.39 is 32.5 Å². The molecule has 2 atom stereocenters. The summed E-state index contributed by atoms with van der Waals surface area (Å²) in [5, 5.41) is 0. The highest BCUT2D eigenvalue weighted by atomic mass is 31.2. The summed E-state index contributed by atoms with van der Waals surface area (Å²) in [5.74, 6) is -1.21. The van der Waals surface area contributed by atoms with Gasteiger partial charge in [-0.25, -0.2) is 4.57 Å². The minimum absolute atomic E-state index is 0.0158. The van der Waals surface area contributed by atoms with Crippen molar-refractivity contribution in [3.8, 4) is 0 Å². The minimum atomic E-state index is -4.44. The second kappa shape index (κ2) is 36.0. The quantitative estimate of drug-likeness (QED) is 0.0159. The Morgan fingerprint density at radius 2 is 1.22 bits per heavy atom. The smallest absolute Gasteiger partial charge is 0.462 e. The van der Waals surface area contributed by atoms with Crippen molar-refractivity contribution in [1.29, 1.82) is 0 Å². The average Bonchev–Trinajstić information content (AvgIpc) is 3.11. The van der Waals surface area contributed by atoms with Gasteiger partial charge >= 0.3 is 19.8 Å². The Balaban J connectivity index is 4.44. The summed E-state index contributed by atoms with van der Waals surface area (Å²) in [6.45, 7) is 3.40. The van der Waals surface area contributed by atoms with Gasteiger partial charge in [0.2, 0.25) is 0 Å². The number of ether oxygens (including phenoxy) is 2. The predicted molar refractivity (Wildman–Crippen MR) is 206 cm³/mol. The molecule has 0 bridgehead atoms. The third kappa shape index (κ3) is 35.8. The number of allylic oxidation sites excluding steroid dienone is 8. The van der Waals surface area contributed by atoms with Crippen molar-refractivity contribution < 1.29 is 42.4 Å². The molecular formula is C40H70NO9P. The molecule has 0 rings (SSSR count). The second-order valence-corrected chi connectivity index (χ2v) is 14.3. The molecule has 0 aliphatic heterocycles. The fourth-order valence-electron chi connectivity index (χ4n) is 5.00. The van der Waals surface area contributed by atoms with Crippen LogP contribution in [0, 0.1) is 0 Å². The Morgan fingerprint density at radius 1 is 0.647 bits per heavy atom. The van der Waals surface area contributed by atoms with Crippen molar-refractivity contribution in [2.24, 2.45) is 5.73 Å². The Hall–Kier alpha value is -2.36. The van der Waals surface area contributed by atoms with Crippen LogP contribution in [0.15, 0.2) is 48.6 Å². The van der Waals surface area contributed by atoms with Gasteiger partial charge in [0.1, 0.15) is 6.61 Å². The van der Waals surface area contributed by atoms with E-state index in [0.29, 0.717) is 6.42 Å². The van der Waals surface area contributed by atoms with Crippen LogP contribution < -0.4 is 5.73 Å². The number of unbranched alkanes of at least 4 members (excludes halogenated alkanes) is 14. The van der Waals surface area contributed by atoms with Crippen molar-refractivity contribution in [1.82, 2.24) is 0 Å². The standard InChI is InChI=1S/C40H70NO9P/c1-3-5-7-9-11-13-15-17-18-20-22-24-26-29-37(42)30-28-32-40(44)50-38(36-49-51(45,46)48-34-33-41)35-47-39(43)31-27-25-23-21-19-16-14-12-10-8-6-4-2/h11,13,17-18,22,24,26,29,38H,3-10,12,14-16,19-21,23,25,27-28,30-36,41H2,1-2H3,(H,45,46)/b13-11-,18-17-,24-22-,29-26+/t38-/m1/s1. The van der Waals surface area contributed by atoms with Crippen molar-refractivity contribution in [3.63, 3.8) is 0 Å². The van der Waals surface area contributed by atoms with E-state index in [0.717, 1.165) is 38.5 Å². The lowest BCUT2D eigenvalue weighted by atomic mass is 10.0. The summed E-state index contributed by atoms with van der Waals surface area (Å²) in [5.41, 5.74) is 5.31. The number of hydrogen-bond acceptors (Lipinski definition) is 9. The van der Waals surface area contributed by atoms with Gasteiger partial charge in [0.25, 0.3) is 0 Å². The summed E-state index contributed by atoms with van der Waals surface area (Å²) >= 11 is 0. The lowest BCUT2D eigenvalue weighted by Crippen LogP contribution is -2.29. The molecule has 0 amide bonds. The molecule has 0 aromatic heterocycles. The maximum absolute atomic E-state index is 12.5. The molecule has 0 saturated carbocycles. The van der Waals surface area contributed by atoms with Gasteiger partial charge in [-0.3, -0.25) is 23.4 Å². The van der Waals surface area contributed by atoms with Gasteiger partial charge in [0, 0.05) is 25.8 Å². The molecule has 0 fully saturated rings. The van der Waals surface area contributed by atoms with E-state index >= 15 is 0 Å². The number of ketones is 1. The number of carbonyl (C=O) groups is 3. The number of carbonyl (C=O) groups excluding carboxylic acids is 3. The molecule has 0 aromatic carbocycles. The molecule has 10 nitrogen and oxygen atoms in total.